The lowest BCUT2D eigenvalue weighted by Gasteiger charge is -2.23. The number of hydrogen-bond acceptors (Lipinski definition) is 1. The summed E-state index contributed by atoms with van der Waals surface area (Å²) >= 11 is 0. The molecule has 4 unspecified atom stereocenters. The molecular weight excluding hydrogens is 520 g/mol. The molecule has 43 heavy (non-hydrogen) atoms. The van der Waals surface area contributed by atoms with E-state index in [-0.39, 0.29) is 0 Å². The average molecular weight is 583 g/mol. The molecular formula is C42H62O. The molecule has 0 spiro atoms. The van der Waals surface area contributed by atoms with E-state index in [1.54, 1.807) is 11.1 Å². The summed E-state index contributed by atoms with van der Waals surface area (Å²) in [6.45, 7) is 11.1. The van der Waals surface area contributed by atoms with Crippen LogP contribution >= 0.6 is 0 Å². The van der Waals surface area contributed by atoms with Crippen molar-refractivity contribution in [3.63, 3.8) is 0 Å². The van der Waals surface area contributed by atoms with Gasteiger partial charge in [-0.25, -0.2) is 0 Å². The Hall–Kier alpha value is -2.12. The molecule has 0 saturated carbocycles. The van der Waals surface area contributed by atoms with Crippen molar-refractivity contribution in [2.45, 2.75) is 142 Å². The van der Waals surface area contributed by atoms with E-state index in [4.69, 9.17) is 4.74 Å². The molecule has 0 fully saturated rings. The normalized spacial score (nSPS) is 20.4. The van der Waals surface area contributed by atoms with Gasteiger partial charge >= 0.3 is 0 Å². The van der Waals surface area contributed by atoms with Crippen molar-refractivity contribution in [1.29, 1.82) is 0 Å². The molecule has 1 heteroatoms. The summed E-state index contributed by atoms with van der Waals surface area (Å²) in [7, 11) is 0. The van der Waals surface area contributed by atoms with E-state index in [0.29, 0.717) is 11.8 Å². The molecule has 0 heterocycles. The number of allylic oxidation sites excluding steroid dienone is 2. The fourth-order valence-corrected chi connectivity index (χ4v) is 6.98. The second-order valence-corrected chi connectivity index (χ2v) is 14.1. The number of aryl methyl sites for hydroxylation is 2. The summed E-state index contributed by atoms with van der Waals surface area (Å²) in [6, 6.07) is 19.1. The van der Waals surface area contributed by atoms with E-state index < -0.39 is 0 Å². The van der Waals surface area contributed by atoms with Gasteiger partial charge in [-0.1, -0.05) is 125 Å². The zero-order chi connectivity index (χ0) is 30.3. The van der Waals surface area contributed by atoms with Crippen LogP contribution in [0.15, 0.2) is 71.8 Å². The Labute approximate surface area is 265 Å². The third-order valence-electron chi connectivity index (χ3n) is 10.8. The van der Waals surface area contributed by atoms with Crippen LogP contribution in [-0.2, 0) is 17.6 Å². The van der Waals surface area contributed by atoms with Crippen molar-refractivity contribution < 1.29 is 4.74 Å². The fourth-order valence-electron chi connectivity index (χ4n) is 6.98. The molecule has 0 radical (unpaired) electrons. The van der Waals surface area contributed by atoms with Gasteiger partial charge in [0.2, 0.25) is 0 Å². The van der Waals surface area contributed by atoms with Gasteiger partial charge < -0.3 is 4.74 Å². The summed E-state index contributed by atoms with van der Waals surface area (Å²) in [5.74, 6) is 3.11. The van der Waals surface area contributed by atoms with Crippen molar-refractivity contribution >= 4 is 0 Å². The Morgan fingerprint density at radius 3 is 1.37 bits per heavy atom. The van der Waals surface area contributed by atoms with Crippen LogP contribution < -0.4 is 0 Å². The first-order valence-corrected chi connectivity index (χ1v) is 18.1. The van der Waals surface area contributed by atoms with Crippen molar-refractivity contribution in [2.75, 3.05) is 13.2 Å². The predicted molar refractivity (Wildman–Crippen MR) is 187 cm³/mol. The monoisotopic (exact) mass is 582 g/mol. The second-order valence-electron chi connectivity index (χ2n) is 14.1. The Kier molecular flexibility index (Phi) is 14.6. The Morgan fingerprint density at radius 1 is 0.605 bits per heavy atom. The minimum atomic E-state index is 0.693. The molecule has 1 nitrogen and oxygen atoms in total. The lowest BCUT2D eigenvalue weighted by atomic mass is 9.83. The molecule has 4 atom stereocenters. The van der Waals surface area contributed by atoms with Gasteiger partial charge in [-0.3, -0.25) is 0 Å². The van der Waals surface area contributed by atoms with Gasteiger partial charge in [0, 0.05) is 0 Å². The lowest BCUT2D eigenvalue weighted by Crippen LogP contribution is -2.08. The van der Waals surface area contributed by atoms with E-state index in [1.165, 1.54) is 112 Å². The van der Waals surface area contributed by atoms with E-state index in [1.807, 2.05) is 0 Å². The molecule has 0 N–H and O–H groups in total. The molecule has 236 valence electrons. The Bertz CT molecular complexity index is 1020. The van der Waals surface area contributed by atoms with Crippen LogP contribution in [0.4, 0.5) is 0 Å². The molecule has 2 aliphatic carbocycles. The third-order valence-corrected chi connectivity index (χ3v) is 10.8. The molecule has 2 aromatic carbocycles. The number of hydrogen-bond donors (Lipinski definition) is 0. The maximum absolute atomic E-state index is 6.11. The molecule has 0 bridgehead atoms. The lowest BCUT2D eigenvalue weighted by molar-refractivity contribution is 0.138. The maximum Gasteiger partial charge on any atom is 0.0503 e. The minimum absolute atomic E-state index is 0.693. The highest BCUT2D eigenvalue weighted by molar-refractivity contribution is 5.29. The quantitative estimate of drug-likeness (QED) is 0.125. The van der Waals surface area contributed by atoms with Crippen LogP contribution in [-0.4, -0.2) is 13.2 Å². The van der Waals surface area contributed by atoms with Crippen LogP contribution in [0.3, 0.4) is 0 Å². The first-order chi connectivity index (χ1) is 21.0. The average Bonchev–Trinajstić information content (AvgIpc) is 3.05. The van der Waals surface area contributed by atoms with Gasteiger partial charge in [-0.05, 0) is 123 Å². The van der Waals surface area contributed by atoms with Crippen molar-refractivity contribution in [2.24, 2.45) is 11.8 Å². The topological polar surface area (TPSA) is 9.23 Å². The van der Waals surface area contributed by atoms with E-state index in [2.05, 4.69) is 88.4 Å². The van der Waals surface area contributed by atoms with Gasteiger partial charge in [0.05, 0.1) is 13.2 Å². The van der Waals surface area contributed by atoms with Gasteiger partial charge in [-0.2, -0.15) is 0 Å². The van der Waals surface area contributed by atoms with Crippen LogP contribution in [0.25, 0.3) is 0 Å². The highest BCUT2D eigenvalue weighted by Gasteiger charge is 2.18. The van der Waals surface area contributed by atoms with Gasteiger partial charge in [0.15, 0.2) is 0 Å². The van der Waals surface area contributed by atoms with Crippen LogP contribution in [0.2, 0.25) is 0 Å². The molecule has 2 aromatic rings. The number of benzene rings is 2. The Morgan fingerprint density at radius 2 is 1.02 bits per heavy atom. The van der Waals surface area contributed by atoms with Crippen molar-refractivity contribution in [1.82, 2.24) is 0 Å². The van der Waals surface area contributed by atoms with E-state index in [9.17, 15) is 0 Å². The molecule has 0 saturated heterocycles. The van der Waals surface area contributed by atoms with Gasteiger partial charge in [0.25, 0.3) is 0 Å². The van der Waals surface area contributed by atoms with Crippen molar-refractivity contribution in [3.05, 3.63) is 94.1 Å². The zero-order valence-corrected chi connectivity index (χ0v) is 28.2. The van der Waals surface area contributed by atoms with Crippen LogP contribution in [0.5, 0.6) is 0 Å². The van der Waals surface area contributed by atoms with Crippen LogP contribution in [0.1, 0.15) is 152 Å². The smallest absolute Gasteiger partial charge is 0.0503 e. The standard InChI is InChI=1S/C42H62O/c1-5-33(3)9-7-11-35-13-21-39(22-14-35)41-25-17-37(18-26-41)29-31-43-32-30-38-19-27-42(28-20-38)40-23-15-36(16-24-40)12-8-10-34(4)6-2/h13-17,19,21-24,33-34,41-42H,5-12,18,20,25-32H2,1-4H3. The first kappa shape index (κ1) is 33.8. The number of rotatable bonds is 18. The molecule has 0 amide bonds. The molecule has 0 aromatic heterocycles. The SMILES string of the molecule is CCC(C)CCCc1ccc(C2CC=C(CCOCCC3=CCC(c4ccc(CCCC(C)CC)cc4)CC3)CC2)cc1. The highest BCUT2D eigenvalue weighted by Crippen LogP contribution is 2.35. The third kappa shape index (κ3) is 11.7. The predicted octanol–water partition coefficient (Wildman–Crippen LogP) is 12.3. The zero-order valence-electron chi connectivity index (χ0n) is 28.2. The summed E-state index contributed by atoms with van der Waals surface area (Å²) in [4.78, 5) is 0. The second kappa shape index (κ2) is 18.6. The molecule has 2 aliphatic rings. The number of ether oxygens (including phenoxy) is 1. The minimum Gasteiger partial charge on any atom is -0.381 e. The van der Waals surface area contributed by atoms with Crippen molar-refractivity contribution in [3.8, 4) is 0 Å². The van der Waals surface area contributed by atoms with Gasteiger partial charge in [-0.15, -0.1) is 0 Å². The maximum atomic E-state index is 6.11. The van der Waals surface area contributed by atoms with Gasteiger partial charge in [0.1, 0.15) is 0 Å². The van der Waals surface area contributed by atoms with E-state index >= 15 is 0 Å². The largest absolute Gasteiger partial charge is 0.381 e. The summed E-state index contributed by atoms with van der Waals surface area (Å²) in [5, 5.41) is 0. The van der Waals surface area contributed by atoms with Crippen LogP contribution in [0, 0.1) is 11.8 Å². The summed E-state index contributed by atoms with van der Waals surface area (Å²) in [6.07, 6.45) is 25.1. The molecule has 0 aliphatic heterocycles. The van der Waals surface area contributed by atoms with E-state index in [0.717, 1.165) is 37.9 Å². The Balaban J connectivity index is 1.07. The summed E-state index contributed by atoms with van der Waals surface area (Å²) < 4.78 is 6.11. The highest BCUT2D eigenvalue weighted by atomic mass is 16.5. The molecule has 4 rings (SSSR count). The summed E-state index contributed by atoms with van der Waals surface area (Å²) in [5.41, 5.74) is 9.30. The fraction of sp³-hybridized carbons (Fsp3) is 0.619. The first-order valence-electron chi connectivity index (χ1n) is 18.1.